The fraction of sp³-hybridized carbons (Fsp3) is 0.600. The molecule has 0 spiro atoms. The number of rotatable bonds is 3. The summed E-state index contributed by atoms with van der Waals surface area (Å²) in [6.45, 7) is 8.22. The molecule has 3 heteroatoms. The zero-order chi connectivity index (χ0) is 13.1. The van der Waals surface area contributed by atoms with Gasteiger partial charge in [0, 0.05) is 6.07 Å². The molecular formula is C15H22FNO. The third kappa shape index (κ3) is 3.02. The molecule has 0 bridgehead atoms. The Hall–Kier alpha value is -1.09. The van der Waals surface area contributed by atoms with E-state index >= 15 is 0 Å². The third-order valence-electron chi connectivity index (χ3n) is 3.52. The van der Waals surface area contributed by atoms with Gasteiger partial charge in [-0.1, -0.05) is 13.0 Å². The fourth-order valence-corrected chi connectivity index (χ4v) is 2.65. The Morgan fingerprint density at radius 1 is 1.39 bits per heavy atom. The number of ether oxygens (including phenoxy) is 1. The molecule has 0 aromatic heterocycles. The van der Waals surface area contributed by atoms with Crippen molar-refractivity contribution < 1.29 is 9.13 Å². The molecule has 2 atom stereocenters. The first kappa shape index (κ1) is 13.3. The highest BCUT2D eigenvalue weighted by Gasteiger charge is 2.25. The maximum absolute atomic E-state index is 13.4. The molecular weight excluding hydrogens is 229 g/mol. The van der Waals surface area contributed by atoms with Gasteiger partial charge in [0.05, 0.1) is 6.10 Å². The third-order valence-corrected chi connectivity index (χ3v) is 3.52. The topological polar surface area (TPSA) is 21.3 Å². The first-order valence-corrected chi connectivity index (χ1v) is 6.74. The molecule has 0 saturated carbocycles. The second-order valence-electron chi connectivity index (χ2n) is 5.43. The van der Waals surface area contributed by atoms with E-state index in [1.165, 1.54) is 12.1 Å². The molecule has 0 amide bonds. The van der Waals surface area contributed by atoms with Gasteiger partial charge in [0.1, 0.15) is 11.6 Å². The summed E-state index contributed by atoms with van der Waals surface area (Å²) in [5.41, 5.74) is 1.15. The van der Waals surface area contributed by atoms with E-state index < -0.39 is 0 Å². The Kier molecular flexibility index (Phi) is 4.23. The van der Waals surface area contributed by atoms with E-state index in [9.17, 15) is 4.39 Å². The highest BCUT2D eigenvalue weighted by Crippen LogP contribution is 2.36. The molecule has 1 heterocycles. The van der Waals surface area contributed by atoms with E-state index in [0.717, 1.165) is 25.1 Å². The lowest BCUT2D eigenvalue weighted by atomic mass is 9.82. The van der Waals surface area contributed by atoms with Crippen molar-refractivity contribution in [2.75, 3.05) is 13.1 Å². The van der Waals surface area contributed by atoms with Crippen molar-refractivity contribution in [3.05, 3.63) is 29.6 Å². The van der Waals surface area contributed by atoms with Gasteiger partial charge < -0.3 is 10.1 Å². The Morgan fingerprint density at radius 2 is 2.17 bits per heavy atom. The highest BCUT2D eigenvalue weighted by molar-refractivity contribution is 5.37. The predicted molar refractivity (Wildman–Crippen MR) is 71.6 cm³/mol. The second-order valence-corrected chi connectivity index (χ2v) is 5.43. The molecule has 18 heavy (non-hydrogen) atoms. The van der Waals surface area contributed by atoms with Crippen molar-refractivity contribution in [1.29, 1.82) is 0 Å². The van der Waals surface area contributed by atoms with E-state index in [-0.39, 0.29) is 11.9 Å². The lowest BCUT2D eigenvalue weighted by Gasteiger charge is -2.31. The molecule has 1 N–H and O–H groups in total. The molecule has 1 aliphatic rings. The lowest BCUT2D eigenvalue weighted by molar-refractivity contribution is 0.232. The van der Waals surface area contributed by atoms with Crippen molar-refractivity contribution in [2.45, 2.75) is 39.2 Å². The number of halogens is 1. The molecule has 1 fully saturated rings. The van der Waals surface area contributed by atoms with Crippen LogP contribution in [0.3, 0.4) is 0 Å². The van der Waals surface area contributed by atoms with Crippen molar-refractivity contribution in [2.24, 2.45) is 5.92 Å². The zero-order valence-electron chi connectivity index (χ0n) is 11.4. The van der Waals surface area contributed by atoms with Gasteiger partial charge in [0.2, 0.25) is 0 Å². The number of nitrogens with one attached hydrogen (secondary N) is 1. The lowest BCUT2D eigenvalue weighted by Crippen LogP contribution is -2.34. The van der Waals surface area contributed by atoms with Crippen LogP contribution in [0.25, 0.3) is 0 Å². The number of benzene rings is 1. The normalized spacial score (nSPS) is 24.3. The second kappa shape index (κ2) is 5.70. The average Bonchev–Trinajstić information content (AvgIpc) is 2.30. The molecule has 0 aliphatic carbocycles. The Balaban J connectivity index is 2.30. The summed E-state index contributed by atoms with van der Waals surface area (Å²) < 4.78 is 19.1. The van der Waals surface area contributed by atoms with Gasteiger partial charge in [-0.05, 0) is 56.8 Å². The molecule has 2 rings (SSSR count). The van der Waals surface area contributed by atoms with Crippen molar-refractivity contribution in [3.8, 4) is 5.75 Å². The van der Waals surface area contributed by atoms with E-state index in [4.69, 9.17) is 4.74 Å². The van der Waals surface area contributed by atoms with Crippen LogP contribution in [0.15, 0.2) is 18.2 Å². The molecule has 1 aromatic carbocycles. The Bertz CT molecular complexity index is 405. The molecule has 100 valence electrons. The minimum Gasteiger partial charge on any atom is -0.491 e. The molecule has 0 unspecified atom stereocenters. The van der Waals surface area contributed by atoms with E-state index in [1.54, 1.807) is 0 Å². The van der Waals surface area contributed by atoms with Gasteiger partial charge in [-0.2, -0.15) is 0 Å². The average molecular weight is 251 g/mol. The largest absolute Gasteiger partial charge is 0.491 e. The van der Waals surface area contributed by atoms with Gasteiger partial charge in [-0.15, -0.1) is 0 Å². The molecule has 1 aliphatic heterocycles. The van der Waals surface area contributed by atoms with Crippen LogP contribution in [-0.4, -0.2) is 19.2 Å². The first-order valence-electron chi connectivity index (χ1n) is 6.74. The maximum Gasteiger partial charge on any atom is 0.126 e. The van der Waals surface area contributed by atoms with Gasteiger partial charge in [0.25, 0.3) is 0 Å². The smallest absolute Gasteiger partial charge is 0.126 e. The van der Waals surface area contributed by atoms with Crippen LogP contribution in [0.4, 0.5) is 4.39 Å². The minimum atomic E-state index is -0.226. The minimum absolute atomic E-state index is 0.0718. The summed E-state index contributed by atoms with van der Waals surface area (Å²) in [5.74, 6) is 1.50. The van der Waals surface area contributed by atoms with Crippen molar-refractivity contribution in [1.82, 2.24) is 5.32 Å². The Morgan fingerprint density at radius 3 is 2.83 bits per heavy atom. The maximum atomic E-state index is 13.4. The number of hydrogen-bond donors (Lipinski definition) is 1. The Labute approximate surface area is 109 Å². The standard InChI is InChI=1S/C15H22FNO/c1-10(2)18-15-8-12(16)4-5-14(15)13-6-7-17-9-11(13)3/h4-5,8,10-11,13,17H,6-7,9H2,1-3H3/t11-,13+/m0/s1. The van der Waals surface area contributed by atoms with Gasteiger partial charge in [-0.3, -0.25) is 0 Å². The van der Waals surface area contributed by atoms with Crippen LogP contribution < -0.4 is 10.1 Å². The summed E-state index contributed by atoms with van der Waals surface area (Å²) in [4.78, 5) is 0. The van der Waals surface area contributed by atoms with Gasteiger partial charge in [0.15, 0.2) is 0 Å². The van der Waals surface area contributed by atoms with Crippen LogP contribution in [0.1, 0.15) is 38.7 Å². The number of hydrogen-bond acceptors (Lipinski definition) is 2. The van der Waals surface area contributed by atoms with E-state index in [1.807, 2.05) is 19.9 Å². The van der Waals surface area contributed by atoms with Gasteiger partial charge >= 0.3 is 0 Å². The zero-order valence-corrected chi connectivity index (χ0v) is 11.4. The summed E-state index contributed by atoms with van der Waals surface area (Å²) in [6, 6.07) is 4.95. The summed E-state index contributed by atoms with van der Waals surface area (Å²) in [7, 11) is 0. The number of piperidine rings is 1. The van der Waals surface area contributed by atoms with E-state index in [2.05, 4.69) is 12.2 Å². The predicted octanol–water partition coefficient (Wildman–Crippen LogP) is 3.33. The van der Waals surface area contributed by atoms with Crippen LogP contribution in [0.2, 0.25) is 0 Å². The molecule has 2 nitrogen and oxygen atoms in total. The van der Waals surface area contributed by atoms with E-state index in [0.29, 0.717) is 17.6 Å². The summed E-state index contributed by atoms with van der Waals surface area (Å²) >= 11 is 0. The quantitative estimate of drug-likeness (QED) is 0.889. The summed E-state index contributed by atoms with van der Waals surface area (Å²) in [6.07, 6.45) is 1.16. The van der Waals surface area contributed by atoms with Crippen LogP contribution >= 0.6 is 0 Å². The van der Waals surface area contributed by atoms with Gasteiger partial charge in [-0.25, -0.2) is 4.39 Å². The molecule has 1 aromatic rings. The monoisotopic (exact) mass is 251 g/mol. The highest BCUT2D eigenvalue weighted by atomic mass is 19.1. The summed E-state index contributed by atoms with van der Waals surface area (Å²) in [5, 5.41) is 3.39. The van der Waals surface area contributed by atoms with Crippen LogP contribution in [-0.2, 0) is 0 Å². The van der Waals surface area contributed by atoms with Crippen LogP contribution in [0, 0.1) is 11.7 Å². The first-order chi connectivity index (χ1) is 8.58. The van der Waals surface area contributed by atoms with Crippen molar-refractivity contribution in [3.63, 3.8) is 0 Å². The molecule has 0 radical (unpaired) electrons. The molecule has 1 saturated heterocycles. The van der Waals surface area contributed by atoms with Crippen LogP contribution in [0.5, 0.6) is 5.75 Å². The fourth-order valence-electron chi connectivity index (χ4n) is 2.65. The SMILES string of the molecule is CC(C)Oc1cc(F)ccc1[C@@H]1CCNC[C@@H]1C. The van der Waals surface area contributed by atoms with Crippen molar-refractivity contribution >= 4 is 0 Å².